The van der Waals surface area contributed by atoms with Crippen LogP contribution < -0.4 is 0 Å². The lowest BCUT2D eigenvalue weighted by molar-refractivity contribution is -0.385. The van der Waals surface area contributed by atoms with E-state index in [-0.39, 0.29) is 42.7 Å². The van der Waals surface area contributed by atoms with E-state index in [0.29, 0.717) is 5.56 Å². The Morgan fingerprint density at radius 1 is 0.962 bits per heavy atom. The number of non-ortho nitro benzene ring substituents is 1. The van der Waals surface area contributed by atoms with Crippen molar-refractivity contribution in [3.8, 4) is 0 Å². The Morgan fingerprint density at radius 2 is 1.62 bits per heavy atom. The number of nitrogens with zero attached hydrogens (tertiary/aromatic N) is 3. The largest absolute Gasteiger partial charge is 0.336 e. The molecule has 1 aliphatic rings. The molecule has 1 fully saturated rings. The number of sulfonamides is 1. The molecule has 1 heterocycles. The minimum absolute atomic E-state index is 0.116. The molecule has 3 rings (SSSR count). The van der Waals surface area contributed by atoms with Gasteiger partial charge in [-0.2, -0.15) is 4.31 Å². The van der Waals surface area contributed by atoms with Gasteiger partial charge in [-0.25, -0.2) is 8.42 Å². The second-order valence-electron chi connectivity index (χ2n) is 5.82. The molecule has 1 saturated heterocycles. The van der Waals surface area contributed by atoms with Crippen molar-refractivity contribution in [2.75, 3.05) is 26.2 Å². The number of hydrogen-bond acceptors (Lipinski definition) is 5. The van der Waals surface area contributed by atoms with Crippen molar-refractivity contribution < 1.29 is 18.1 Å². The Labute approximate surface area is 150 Å². The predicted octanol–water partition coefficient (Wildman–Crippen LogP) is 1.74. The molecule has 0 bridgehead atoms. The van der Waals surface area contributed by atoms with Gasteiger partial charge in [0.2, 0.25) is 10.0 Å². The number of nitro groups is 1. The van der Waals surface area contributed by atoms with E-state index in [9.17, 15) is 23.3 Å². The van der Waals surface area contributed by atoms with Crippen LogP contribution in [0.4, 0.5) is 5.69 Å². The van der Waals surface area contributed by atoms with E-state index < -0.39 is 14.9 Å². The number of rotatable bonds is 4. The molecule has 0 unspecified atom stereocenters. The molecule has 0 spiro atoms. The number of hydrogen-bond donors (Lipinski definition) is 0. The molecule has 9 heteroatoms. The third kappa shape index (κ3) is 3.58. The molecule has 1 aliphatic heterocycles. The quantitative estimate of drug-likeness (QED) is 0.598. The highest BCUT2D eigenvalue weighted by Crippen LogP contribution is 2.22. The Hall–Kier alpha value is -2.78. The molecule has 0 radical (unpaired) electrons. The maximum Gasteiger partial charge on any atom is 0.270 e. The number of benzene rings is 2. The van der Waals surface area contributed by atoms with Crippen LogP contribution in [0, 0.1) is 10.1 Å². The fraction of sp³-hybridized carbons (Fsp3) is 0.235. The van der Waals surface area contributed by atoms with E-state index in [4.69, 9.17) is 0 Å². The molecule has 1 amide bonds. The Morgan fingerprint density at radius 3 is 2.23 bits per heavy atom. The Bertz CT molecular complexity index is 922. The smallest absolute Gasteiger partial charge is 0.270 e. The van der Waals surface area contributed by atoms with Crippen LogP contribution >= 0.6 is 0 Å². The van der Waals surface area contributed by atoms with Gasteiger partial charge in [-0.15, -0.1) is 0 Å². The van der Waals surface area contributed by atoms with Crippen LogP contribution in [-0.4, -0.2) is 54.6 Å². The molecule has 0 saturated carbocycles. The summed E-state index contributed by atoms with van der Waals surface area (Å²) in [6, 6.07) is 13.8. The average molecular weight is 375 g/mol. The molecule has 0 atom stereocenters. The van der Waals surface area contributed by atoms with E-state index in [1.807, 2.05) is 6.07 Å². The van der Waals surface area contributed by atoms with Gasteiger partial charge in [0.25, 0.3) is 11.6 Å². The van der Waals surface area contributed by atoms with Gasteiger partial charge in [-0.1, -0.05) is 24.3 Å². The van der Waals surface area contributed by atoms with Gasteiger partial charge in [0.1, 0.15) is 0 Å². The first kappa shape index (κ1) is 18.0. The summed E-state index contributed by atoms with van der Waals surface area (Å²) in [6.07, 6.45) is 0. The summed E-state index contributed by atoms with van der Waals surface area (Å²) in [7, 11) is -3.84. The van der Waals surface area contributed by atoms with Crippen molar-refractivity contribution in [2.45, 2.75) is 4.90 Å². The summed E-state index contributed by atoms with van der Waals surface area (Å²) in [5.41, 5.74) is 0.284. The number of carbonyl (C=O) groups excluding carboxylic acids is 1. The van der Waals surface area contributed by atoms with Crippen LogP contribution in [-0.2, 0) is 10.0 Å². The van der Waals surface area contributed by atoms with Crippen molar-refractivity contribution in [1.82, 2.24) is 9.21 Å². The highest BCUT2D eigenvalue weighted by Gasteiger charge is 2.31. The summed E-state index contributed by atoms with van der Waals surface area (Å²) in [5, 5.41) is 10.9. The second-order valence-corrected chi connectivity index (χ2v) is 7.75. The van der Waals surface area contributed by atoms with Crippen molar-refractivity contribution in [2.24, 2.45) is 0 Å². The molecule has 26 heavy (non-hydrogen) atoms. The van der Waals surface area contributed by atoms with E-state index in [1.54, 1.807) is 29.2 Å². The van der Waals surface area contributed by atoms with Crippen LogP contribution in [0.5, 0.6) is 0 Å². The fourth-order valence-corrected chi connectivity index (χ4v) is 4.26. The molecule has 0 aromatic heterocycles. The molecular weight excluding hydrogens is 358 g/mol. The summed E-state index contributed by atoms with van der Waals surface area (Å²) < 4.78 is 26.7. The zero-order valence-corrected chi connectivity index (χ0v) is 14.6. The summed E-state index contributed by atoms with van der Waals surface area (Å²) in [6.45, 7) is 0.816. The molecule has 136 valence electrons. The van der Waals surface area contributed by atoms with E-state index in [2.05, 4.69) is 0 Å². The van der Waals surface area contributed by atoms with Crippen LogP contribution in [0.15, 0.2) is 59.5 Å². The van der Waals surface area contributed by atoms with Gasteiger partial charge in [0, 0.05) is 43.9 Å². The zero-order chi connectivity index (χ0) is 18.7. The van der Waals surface area contributed by atoms with Crippen LogP contribution in [0.1, 0.15) is 10.4 Å². The molecule has 8 nitrogen and oxygen atoms in total. The lowest BCUT2D eigenvalue weighted by Gasteiger charge is -2.34. The van der Waals surface area contributed by atoms with Gasteiger partial charge >= 0.3 is 0 Å². The van der Waals surface area contributed by atoms with Crippen LogP contribution in [0.25, 0.3) is 0 Å². The minimum atomic E-state index is -3.84. The van der Waals surface area contributed by atoms with Gasteiger partial charge < -0.3 is 4.90 Å². The average Bonchev–Trinajstić information content (AvgIpc) is 2.68. The van der Waals surface area contributed by atoms with Gasteiger partial charge in [0.15, 0.2) is 0 Å². The number of piperazine rings is 1. The van der Waals surface area contributed by atoms with Crippen molar-refractivity contribution in [3.05, 3.63) is 70.3 Å². The zero-order valence-electron chi connectivity index (χ0n) is 13.8. The number of carbonyl (C=O) groups is 1. The molecule has 2 aromatic carbocycles. The topological polar surface area (TPSA) is 101 Å². The number of nitro benzene ring substituents is 1. The Balaban J connectivity index is 1.72. The Kier molecular flexibility index (Phi) is 5.01. The molecular formula is C17H17N3O5S. The predicted molar refractivity (Wildman–Crippen MR) is 94.2 cm³/mol. The SMILES string of the molecule is O=C(c1ccccc1)N1CCN(S(=O)(=O)c2cccc([N+](=O)[O-])c2)CC1. The van der Waals surface area contributed by atoms with Gasteiger partial charge in [-0.3, -0.25) is 14.9 Å². The first-order chi connectivity index (χ1) is 12.4. The van der Waals surface area contributed by atoms with Crippen LogP contribution in [0.3, 0.4) is 0 Å². The molecule has 0 N–H and O–H groups in total. The minimum Gasteiger partial charge on any atom is -0.336 e. The standard InChI is InChI=1S/C17H17N3O5S/c21-17(14-5-2-1-3-6-14)18-9-11-19(12-10-18)26(24,25)16-8-4-7-15(13-16)20(22)23/h1-8,13H,9-12H2. The first-order valence-electron chi connectivity index (χ1n) is 7.98. The normalized spacial score (nSPS) is 15.6. The highest BCUT2D eigenvalue weighted by molar-refractivity contribution is 7.89. The third-order valence-corrected chi connectivity index (χ3v) is 6.11. The van der Waals surface area contributed by atoms with E-state index >= 15 is 0 Å². The van der Waals surface area contributed by atoms with Crippen molar-refractivity contribution in [3.63, 3.8) is 0 Å². The van der Waals surface area contributed by atoms with E-state index in [1.165, 1.54) is 22.5 Å². The fourth-order valence-electron chi connectivity index (χ4n) is 2.80. The summed E-state index contributed by atoms with van der Waals surface area (Å²) in [5.74, 6) is -0.141. The molecule has 0 aliphatic carbocycles. The highest BCUT2D eigenvalue weighted by atomic mass is 32.2. The van der Waals surface area contributed by atoms with Crippen molar-refractivity contribution >= 4 is 21.6 Å². The maximum absolute atomic E-state index is 12.7. The third-order valence-electron chi connectivity index (χ3n) is 4.21. The van der Waals surface area contributed by atoms with Gasteiger partial charge in [0.05, 0.1) is 9.82 Å². The van der Waals surface area contributed by atoms with Crippen molar-refractivity contribution in [1.29, 1.82) is 0 Å². The second kappa shape index (κ2) is 7.22. The first-order valence-corrected chi connectivity index (χ1v) is 9.42. The summed E-state index contributed by atoms with van der Waals surface area (Å²) in [4.78, 5) is 24.2. The van der Waals surface area contributed by atoms with Crippen LogP contribution in [0.2, 0.25) is 0 Å². The number of amides is 1. The molecule has 2 aromatic rings. The van der Waals surface area contributed by atoms with E-state index in [0.717, 1.165) is 6.07 Å². The maximum atomic E-state index is 12.7. The summed E-state index contributed by atoms with van der Waals surface area (Å²) >= 11 is 0. The lowest BCUT2D eigenvalue weighted by atomic mass is 10.2. The lowest BCUT2D eigenvalue weighted by Crippen LogP contribution is -2.50. The monoisotopic (exact) mass is 375 g/mol. The van der Waals surface area contributed by atoms with Gasteiger partial charge in [-0.05, 0) is 18.2 Å².